The van der Waals surface area contributed by atoms with E-state index in [9.17, 15) is 13.6 Å². The molecule has 1 unspecified atom stereocenters. The van der Waals surface area contributed by atoms with Crippen molar-refractivity contribution in [1.29, 1.82) is 0 Å². The van der Waals surface area contributed by atoms with Crippen molar-refractivity contribution in [3.63, 3.8) is 0 Å². The molecule has 2 aliphatic heterocycles. The van der Waals surface area contributed by atoms with Gasteiger partial charge in [-0.05, 0) is 24.6 Å². The first-order valence-corrected chi connectivity index (χ1v) is 10.8. The van der Waals surface area contributed by atoms with Gasteiger partial charge in [0.1, 0.15) is 17.5 Å². The van der Waals surface area contributed by atoms with Gasteiger partial charge in [-0.3, -0.25) is 9.48 Å². The molecule has 0 saturated carbocycles. The quantitative estimate of drug-likeness (QED) is 0.592. The Morgan fingerprint density at radius 3 is 2.71 bits per heavy atom. The average molecular weight is 468 g/mol. The van der Waals surface area contributed by atoms with E-state index in [1.807, 2.05) is 12.1 Å². The second-order valence-electron chi connectivity index (χ2n) is 8.21. The first-order valence-electron chi connectivity index (χ1n) is 10.8. The number of hydrogen-bond donors (Lipinski definition) is 1. The number of aromatic nitrogens is 5. The van der Waals surface area contributed by atoms with Crippen molar-refractivity contribution in [2.24, 2.45) is 18.1 Å². The minimum Gasteiger partial charge on any atom is -0.391 e. The monoisotopic (exact) mass is 468 g/mol. The molecule has 1 fully saturated rings. The summed E-state index contributed by atoms with van der Waals surface area (Å²) in [6, 6.07) is 7.11. The minimum atomic E-state index is -2.70. The van der Waals surface area contributed by atoms with Crippen LogP contribution in [0.15, 0.2) is 41.8 Å². The normalized spacial score (nSPS) is 20.1. The maximum Gasteiger partial charge on any atom is 0.282 e. The van der Waals surface area contributed by atoms with Gasteiger partial charge in [0.15, 0.2) is 0 Å². The van der Waals surface area contributed by atoms with Gasteiger partial charge in [0.25, 0.3) is 6.43 Å². The van der Waals surface area contributed by atoms with Gasteiger partial charge in [0.05, 0.1) is 34.9 Å². The molecule has 12 heteroatoms. The van der Waals surface area contributed by atoms with Crippen LogP contribution >= 0.6 is 0 Å². The lowest BCUT2D eigenvalue weighted by molar-refractivity contribution is -0.133. The molecule has 0 aromatic carbocycles. The van der Waals surface area contributed by atoms with E-state index in [-0.39, 0.29) is 35.3 Å². The molecule has 5 rings (SSSR count). The van der Waals surface area contributed by atoms with E-state index >= 15 is 0 Å². The van der Waals surface area contributed by atoms with E-state index in [2.05, 4.69) is 30.5 Å². The molecular formula is C22H22F2N8O2. The highest BCUT2D eigenvalue weighted by Gasteiger charge is 2.40. The predicted octanol–water partition coefficient (Wildman–Crippen LogP) is 2.92. The van der Waals surface area contributed by atoms with Crippen LogP contribution < -0.4 is 5.32 Å². The number of amides is 1. The Morgan fingerprint density at radius 1 is 1.15 bits per heavy atom. The van der Waals surface area contributed by atoms with Crippen molar-refractivity contribution in [1.82, 2.24) is 29.6 Å². The zero-order chi connectivity index (χ0) is 23.8. The predicted molar refractivity (Wildman–Crippen MR) is 118 cm³/mol. The summed E-state index contributed by atoms with van der Waals surface area (Å²) >= 11 is 0. The Balaban J connectivity index is 1.34. The van der Waals surface area contributed by atoms with E-state index in [0.29, 0.717) is 35.8 Å². The van der Waals surface area contributed by atoms with E-state index in [1.54, 1.807) is 24.1 Å². The number of hydrogen-bond acceptors (Lipinski definition) is 8. The maximum atomic E-state index is 13.3. The van der Waals surface area contributed by atoms with Gasteiger partial charge in [-0.15, -0.1) is 0 Å². The summed E-state index contributed by atoms with van der Waals surface area (Å²) < 4.78 is 27.8. The van der Waals surface area contributed by atoms with Gasteiger partial charge < -0.3 is 15.1 Å². The van der Waals surface area contributed by atoms with Gasteiger partial charge in [0, 0.05) is 33.3 Å². The second-order valence-corrected chi connectivity index (χ2v) is 8.21. The lowest BCUT2D eigenvalue weighted by Crippen LogP contribution is -2.30. The largest absolute Gasteiger partial charge is 0.391 e. The standard InChI is InChI=1S/C22H22F2N8O2/c1-31-9-7-12(21(31)33)18-10-16(30-34-18)14-5-3-4-13(27-14)15-6-8-25-22(28-15)29-17-11-26-32(2)19(17)20(23)24/h3-6,8,11-12,18,20H,7,9-10H2,1-2H3,(H,25,28,29)/t12-,18?/m0/s1. The molecule has 0 bridgehead atoms. The first kappa shape index (κ1) is 21.9. The molecule has 5 heterocycles. The summed E-state index contributed by atoms with van der Waals surface area (Å²) in [5, 5.41) is 10.9. The number of nitrogens with one attached hydrogen (secondary N) is 1. The number of pyridine rings is 1. The molecule has 34 heavy (non-hydrogen) atoms. The molecule has 1 N–H and O–H groups in total. The van der Waals surface area contributed by atoms with Crippen LogP contribution in [0.1, 0.15) is 30.7 Å². The number of carbonyl (C=O) groups excluding carboxylic acids is 1. The van der Waals surface area contributed by atoms with Gasteiger partial charge in [-0.2, -0.15) is 5.10 Å². The van der Waals surface area contributed by atoms with Crippen molar-refractivity contribution >= 4 is 23.3 Å². The van der Waals surface area contributed by atoms with Crippen LogP contribution in [0.2, 0.25) is 0 Å². The summed E-state index contributed by atoms with van der Waals surface area (Å²) in [4.78, 5) is 32.8. The molecule has 0 spiro atoms. The Morgan fingerprint density at radius 2 is 1.94 bits per heavy atom. The van der Waals surface area contributed by atoms with Crippen LogP contribution in [-0.4, -0.2) is 60.9 Å². The fourth-order valence-electron chi connectivity index (χ4n) is 4.18. The molecule has 0 radical (unpaired) electrons. The average Bonchev–Trinajstić information content (AvgIpc) is 3.54. The fourth-order valence-corrected chi connectivity index (χ4v) is 4.18. The topological polar surface area (TPSA) is 110 Å². The Bertz CT molecular complexity index is 1260. The number of rotatable bonds is 6. The molecule has 1 amide bonds. The lowest BCUT2D eigenvalue weighted by Gasteiger charge is -2.15. The minimum absolute atomic E-state index is 0.0767. The summed E-state index contributed by atoms with van der Waals surface area (Å²) in [5.41, 5.74) is 2.23. The van der Waals surface area contributed by atoms with Crippen molar-refractivity contribution < 1.29 is 18.4 Å². The Kier molecular flexibility index (Phi) is 5.64. The van der Waals surface area contributed by atoms with Gasteiger partial charge in [-0.1, -0.05) is 11.2 Å². The number of oxime groups is 1. The summed E-state index contributed by atoms with van der Waals surface area (Å²) in [6.07, 6.45) is 1.07. The van der Waals surface area contributed by atoms with Gasteiger partial charge in [0.2, 0.25) is 11.9 Å². The summed E-state index contributed by atoms with van der Waals surface area (Å²) in [5.74, 6) is 0.0217. The number of anilines is 2. The molecule has 2 aliphatic rings. The smallest absolute Gasteiger partial charge is 0.282 e. The fraction of sp³-hybridized carbons (Fsp3) is 0.364. The molecule has 3 aromatic heterocycles. The van der Waals surface area contributed by atoms with Crippen LogP contribution in [0.5, 0.6) is 0 Å². The number of nitrogens with zero attached hydrogens (tertiary/aromatic N) is 7. The highest BCUT2D eigenvalue weighted by Crippen LogP contribution is 2.30. The van der Waals surface area contributed by atoms with Crippen LogP contribution in [0.4, 0.5) is 20.4 Å². The third-order valence-electron chi connectivity index (χ3n) is 6.01. The van der Waals surface area contributed by atoms with E-state index in [0.717, 1.165) is 11.1 Å². The molecule has 1 saturated heterocycles. The van der Waals surface area contributed by atoms with E-state index < -0.39 is 6.43 Å². The highest BCUT2D eigenvalue weighted by molar-refractivity contribution is 6.00. The number of carbonyl (C=O) groups is 1. The van der Waals surface area contributed by atoms with Crippen molar-refractivity contribution in [3.05, 3.63) is 48.0 Å². The SMILES string of the molecule is CN1CC[C@@H](C2CC(c3cccc(-c4ccnc(Nc5cnn(C)c5C(F)F)n4)n3)=NO2)C1=O. The zero-order valence-corrected chi connectivity index (χ0v) is 18.5. The van der Waals surface area contributed by atoms with Crippen LogP contribution in [0, 0.1) is 5.92 Å². The van der Waals surface area contributed by atoms with Crippen LogP contribution in [0.3, 0.4) is 0 Å². The molecule has 10 nitrogen and oxygen atoms in total. The summed E-state index contributed by atoms with van der Waals surface area (Å²) in [7, 11) is 3.23. The van der Waals surface area contributed by atoms with Gasteiger partial charge >= 0.3 is 0 Å². The molecule has 176 valence electrons. The highest BCUT2D eigenvalue weighted by atomic mass is 19.3. The number of alkyl halides is 2. The third kappa shape index (κ3) is 4.06. The van der Waals surface area contributed by atoms with Crippen LogP contribution in [0.25, 0.3) is 11.4 Å². The van der Waals surface area contributed by atoms with Crippen molar-refractivity contribution in [2.75, 3.05) is 18.9 Å². The molecular weight excluding hydrogens is 446 g/mol. The summed E-state index contributed by atoms with van der Waals surface area (Å²) in [6.45, 7) is 0.717. The first-order chi connectivity index (χ1) is 16.4. The van der Waals surface area contributed by atoms with E-state index in [4.69, 9.17) is 4.84 Å². The Hall–Kier alpha value is -3.96. The Labute approximate surface area is 193 Å². The third-order valence-corrected chi connectivity index (χ3v) is 6.01. The maximum absolute atomic E-state index is 13.3. The number of aryl methyl sites for hydroxylation is 1. The number of likely N-dealkylation sites (tertiary alicyclic amines) is 1. The molecule has 0 aliphatic carbocycles. The molecule has 2 atom stereocenters. The van der Waals surface area contributed by atoms with Gasteiger partial charge in [-0.25, -0.2) is 23.7 Å². The number of halogens is 2. The van der Waals surface area contributed by atoms with Crippen molar-refractivity contribution in [2.45, 2.75) is 25.4 Å². The van der Waals surface area contributed by atoms with Crippen molar-refractivity contribution in [3.8, 4) is 11.4 Å². The lowest BCUT2D eigenvalue weighted by atomic mass is 9.96. The molecule has 3 aromatic rings. The second kappa shape index (κ2) is 8.76. The van der Waals surface area contributed by atoms with E-state index in [1.165, 1.54) is 19.4 Å². The zero-order valence-electron chi connectivity index (χ0n) is 18.5. The van der Waals surface area contributed by atoms with Crippen LogP contribution in [-0.2, 0) is 16.7 Å².